The van der Waals surface area contributed by atoms with Crippen molar-refractivity contribution in [3.63, 3.8) is 0 Å². The first-order valence-corrected chi connectivity index (χ1v) is 12.5. The molecule has 0 saturated heterocycles. The van der Waals surface area contributed by atoms with Crippen molar-refractivity contribution >= 4 is 14.3 Å². The minimum absolute atomic E-state index is 0. The standard InChI is InChI=1S/C7H5F6Ge.3C4H10N.Zr/c8-6(9,10)14(7(11,12)13)5-3-1-2-4-5;3*1-4(2,3)5;/h1,3,14H,2H2;3*5H,1-3H3;/q4*-1;+4. The molecule has 0 amide bonds. The van der Waals surface area contributed by atoms with E-state index in [1.807, 2.05) is 62.3 Å². The zero-order chi connectivity index (χ0) is 24.5. The Morgan fingerprint density at radius 3 is 1.07 bits per heavy atom. The molecule has 30 heavy (non-hydrogen) atoms. The molecule has 3 N–H and O–H groups in total. The fourth-order valence-corrected chi connectivity index (χ4v) is 4.78. The van der Waals surface area contributed by atoms with Crippen molar-refractivity contribution in [2.75, 3.05) is 0 Å². The van der Waals surface area contributed by atoms with E-state index in [1.54, 1.807) is 0 Å². The molecule has 0 spiro atoms. The largest absolute Gasteiger partial charge is 4.00 e. The molecule has 1 aliphatic rings. The van der Waals surface area contributed by atoms with Crippen molar-refractivity contribution in [2.45, 2.75) is 95.4 Å². The van der Waals surface area contributed by atoms with Crippen LogP contribution in [0.15, 0.2) is 16.6 Å². The van der Waals surface area contributed by atoms with Gasteiger partial charge in [-0.05, 0) is 0 Å². The van der Waals surface area contributed by atoms with Crippen molar-refractivity contribution in [2.24, 2.45) is 0 Å². The van der Waals surface area contributed by atoms with Crippen LogP contribution in [0.1, 0.15) is 68.7 Å². The predicted octanol–water partition coefficient (Wildman–Crippen LogP) is 8.15. The summed E-state index contributed by atoms with van der Waals surface area (Å²) in [7, 11) is 0. The van der Waals surface area contributed by atoms with E-state index in [2.05, 4.69) is 6.08 Å². The second-order valence-corrected chi connectivity index (χ2v) is 15.4. The molecule has 0 atom stereocenters. The summed E-state index contributed by atoms with van der Waals surface area (Å²) in [5.74, 6) is 0. The molecular formula is C19H35F6GeN3Zr. The van der Waals surface area contributed by atoms with E-state index in [0.717, 1.165) is 6.08 Å². The third kappa shape index (κ3) is 38.9. The molecule has 0 heterocycles. The first-order chi connectivity index (χ1) is 12.2. The van der Waals surface area contributed by atoms with E-state index < -0.39 is 28.8 Å². The molecule has 176 valence electrons. The van der Waals surface area contributed by atoms with Gasteiger partial charge in [0.1, 0.15) is 0 Å². The molecule has 0 radical (unpaired) electrons. The van der Waals surface area contributed by atoms with Crippen molar-refractivity contribution in [3.8, 4) is 0 Å². The quantitative estimate of drug-likeness (QED) is 0.170. The molecule has 0 aliphatic heterocycles. The monoisotopic (exact) mass is 583 g/mol. The summed E-state index contributed by atoms with van der Waals surface area (Å²) in [5, 5.41) is -10.2. The molecular weight excluding hydrogens is 548 g/mol. The smallest absolute Gasteiger partial charge is 4.00 e. The second-order valence-electron chi connectivity index (χ2n) is 9.50. The molecule has 1 aliphatic carbocycles. The Balaban J connectivity index is -0.000000176. The van der Waals surface area contributed by atoms with E-state index in [1.165, 1.54) is 6.08 Å². The van der Waals surface area contributed by atoms with Crippen LogP contribution in [0.5, 0.6) is 0 Å². The van der Waals surface area contributed by atoms with E-state index in [9.17, 15) is 26.3 Å². The van der Waals surface area contributed by atoms with Gasteiger partial charge in [-0.15, -0.1) is 16.6 Å². The molecule has 1 rings (SSSR count). The van der Waals surface area contributed by atoms with E-state index in [0.29, 0.717) is 0 Å². The first kappa shape index (κ1) is 37.7. The minimum atomic E-state index is -5.48. The molecule has 0 aromatic rings. The number of halogens is 6. The maximum atomic E-state index is 12.1. The number of hydrogen-bond acceptors (Lipinski definition) is 0. The Morgan fingerprint density at radius 2 is 0.933 bits per heavy atom. The topological polar surface area (TPSA) is 71.4 Å². The third-order valence-electron chi connectivity index (χ3n) is 1.69. The van der Waals surface area contributed by atoms with E-state index in [4.69, 9.17) is 17.2 Å². The van der Waals surface area contributed by atoms with Crippen LogP contribution in [-0.4, -0.2) is 41.0 Å². The fraction of sp³-hybridized carbons (Fsp3) is 0.789. The van der Waals surface area contributed by atoms with Crippen molar-refractivity contribution in [1.82, 2.24) is 0 Å². The predicted molar refractivity (Wildman–Crippen MR) is 112 cm³/mol. The van der Waals surface area contributed by atoms with Gasteiger partial charge >= 0.3 is 106 Å². The summed E-state index contributed by atoms with van der Waals surface area (Å²) in [4.78, 5) is 0. The van der Waals surface area contributed by atoms with E-state index in [-0.39, 0.29) is 49.2 Å². The van der Waals surface area contributed by atoms with Gasteiger partial charge in [-0.25, -0.2) is 0 Å². The second kappa shape index (κ2) is 14.5. The summed E-state index contributed by atoms with van der Waals surface area (Å²) in [6.45, 7) is 16.7. The average molecular weight is 583 g/mol. The summed E-state index contributed by atoms with van der Waals surface area (Å²) >= 11 is -5.48. The zero-order valence-corrected chi connectivity index (χ0v) is 24.1. The number of nitrogens with one attached hydrogen (secondary N) is 3. The maximum Gasteiger partial charge on any atom is 4.00 e. The van der Waals surface area contributed by atoms with Crippen LogP contribution in [0.4, 0.5) is 26.3 Å². The summed E-state index contributed by atoms with van der Waals surface area (Å²) < 4.78 is 72.2. The van der Waals surface area contributed by atoms with E-state index >= 15 is 0 Å². The van der Waals surface area contributed by atoms with Crippen LogP contribution in [0.25, 0.3) is 17.2 Å². The normalized spacial score (nSPS) is 14.3. The van der Waals surface area contributed by atoms with Gasteiger partial charge in [0.15, 0.2) is 0 Å². The zero-order valence-electron chi connectivity index (χ0n) is 19.2. The van der Waals surface area contributed by atoms with Gasteiger partial charge < -0.3 is 17.2 Å². The molecule has 0 unspecified atom stereocenters. The molecule has 0 aromatic heterocycles. The van der Waals surface area contributed by atoms with Gasteiger partial charge in [0.25, 0.3) is 0 Å². The summed E-state index contributed by atoms with van der Waals surface area (Å²) in [6, 6.07) is 0. The third-order valence-corrected chi connectivity index (χ3v) is 6.57. The van der Waals surface area contributed by atoms with Gasteiger partial charge in [-0.1, -0.05) is 62.3 Å². The van der Waals surface area contributed by atoms with Crippen LogP contribution in [0.3, 0.4) is 0 Å². The SMILES string of the molecule is CC(C)(C)[NH-].CC(C)(C)[NH-].CC(C)(C)[NH-].F[C](F)(F)[GeH]([C]1=[C-]CC=C1)[C](F)(F)F.[Zr+4]. The Morgan fingerprint density at radius 1 is 0.700 bits per heavy atom. The molecule has 0 saturated carbocycles. The Kier molecular flexibility index (Phi) is 18.2. The van der Waals surface area contributed by atoms with Crippen molar-refractivity contribution < 1.29 is 52.5 Å². The van der Waals surface area contributed by atoms with Crippen molar-refractivity contribution in [1.29, 1.82) is 0 Å². The number of allylic oxidation sites excluding steroid dienone is 4. The molecule has 11 heteroatoms. The van der Waals surface area contributed by atoms with Crippen LogP contribution < -0.4 is 0 Å². The van der Waals surface area contributed by atoms with Gasteiger partial charge in [0, 0.05) is 0 Å². The Hall–Kier alpha value is 0.366. The Labute approximate surface area is 201 Å². The van der Waals surface area contributed by atoms with Crippen LogP contribution in [0.2, 0.25) is 0 Å². The average Bonchev–Trinajstić information content (AvgIpc) is 2.69. The van der Waals surface area contributed by atoms with Gasteiger partial charge in [-0.3, -0.25) is 0 Å². The van der Waals surface area contributed by atoms with Crippen LogP contribution >= 0.6 is 0 Å². The molecule has 3 nitrogen and oxygen atoms in total. The van der Waals surface area contributed by atoms with Gasteiger partial charge in [0.05, 0.1) is 0 Å². The number of alkyl halides is 6. The number of hydrogen-bond donors (Lipinski definition) is 0. The maximum absolute atomic E-state index is 12.1. The molecule has 0 fully saturated rings. The minimum Gasteiger partial charge on any atom is 4.00 e. The summed E-state index contributed by atoms with van der Waals surface area (Å²) in [5.41, 5.74) is 20.1. The first-order valence-electron chi connectivity index (χ1n) is 8.88. The number of rotatable bonds is 1. The van der Waals surface area contributed by atoms with Crippen molar-refractivity contribution in [3.05, 3.63) is 39.8 Å². The molecule has 0 aromatic carbocycles. The summed E-state index contributed by atoms with van der Waals surface area (Å²) in [6.07, 6.45) is 4.31. The van der Waals surface area contributed by atoms with Gasteiger partial charge in [-0.2, -0.15) is 0 Å². The van der Waals surface area contributed by atoms with Gasteiger partial charge in [0.2, 0.25) is 0 Å². The fourth-order valence-electron chi connectivity index (χ4n) is 1.16. The Bertz CT molecular complexity index is 450. The van der Waals surface area contributed by atoms with Crippen LogP contribution in [0, 0.1) is 6.08 Å². The molecule has 0 bridgehead atoms. The van der Waals surface area contributed by atoms with Crippen LogP contribution in [-0.2, 0) is 26.2 Å².